The van der Waals surface area contributed by atoms with Crippen LogP contribution >= 0.6 is 0 Å². The average molecular weight is 313 g/mol. The molecule has 1 saturated carbocycles. The molecular weight excluding hydrogens is 276 g/mol. The van der Waals surface area contributed by atoms with E-state index in [1.807, 2.05) is 33.8 Å². The summed E-state index contributed by atoms with van der Waals surface area (Å²) >= 11 is 0. The van der Waals surface area contributed by atoms with E-state index in [0.29, 0.717) is 0 Å². The molecule has 1 aliphatic rings. The number of hydrogen-bond donors (Lipinski definition) is 0. The molecule has 0 amide bonds. The minimum Gasteiger partial charge on any atom is -0.0991 e. The maximum absolute atomic E-state index is 3.89. The fraction of sp³-hybridized carbons (Fsp3) is 0.478. The van der Waals surface area contributed by atoms with Crippen LogP contribution in [-0.4, -0.2) is 0 Å². The summed E-state index contributed by atoms with van der Waals surface area (Å²) in [5, 5.41) is 0. The standard InChI is InChI=1S/C19H24.2C2H6/c1-3-11-17(12-4-2)19(15-9-6-10-16-19)18-13-7-5-8-14-18;2*1-2/h3-5,7-8,11-14H,1,6,9-10,15-16H2,2H3;2*1-2H3/b12-4-,17-11+;;. The summed E-state index contributed by atoms with van der Waals surface area (Å²) in [6.07, 6.45) is 15.0. The summed E-state index contributed by atoms with van der Waals surface area (Å²) in [6.45, 7) is 14.0. The van der Waals surface area contributed by atoms with E-state index >= 15 is 0 Å². The van der Waals surface area contributed by atoms with E-state index in [-0.39, 0.29) is 5.41 Å². The number of benzene rings is 1. The smallest absolute Gasteiger partial charge is 0.0202 e. The Kier molecular flexibility index (Phi) is 12.1. The van der Waals surface area contributed by atoms with Gasteiger partial charge < -0.3 is 0 Å². The van der Waals surface area contributed by atoms with Crippen molar-refractivity contribution < 1.29 is 0 Å². The highest BCUT2D eigenvalue weighted by Crippen LogP contribution is 2.45. The van der Waals surface area contributed by atoms with E-state index in [2.05, 4.69) is 62.1 Å². The van der Waals surface area contributed by atoms with Crippen molar-refractivity contribution >= 4 is 0 Å². The molecule has 1 aromatic rings. The molecule has 128 valence electrons. The summed E-state index contributed by atoms with van der Waals surface area (Å²) in [4.78, 5) is 0. The van der Waals surface area contributed by atoms with Crippen LogP contribution in [0.1, 0.15) is 72.3 Å². The van der Waals surface area contributed by atoms with E-state index < -0.39 is 0 Å². The third kappa shape index (κ3) is 5.86. The zero-order chi connectivity index (χ0) is 17.6. The molecule has 0 N–H and O–H groups in total. The van der Waals surface area contributed by atoms with Crippen LogP contribution in [0.15, 0.2) is 66.8 Å². The van der Waals surface area contributed by atoms with Crippen LogP contribution in [0.4, 0.5) is 0 Å². The molecule has 1 aromatic carbocycles. The lowest BCUT2D eigenvalue weighted by atomic mass is 9.64. The van der Waals surface area contributed by atoms with Gasteiger partial charge in [0.15, 0.2) is 0 Å². The molecule has 0 heterocycles. The first-order valence-corrected chi connectivity index (χ1v) is 9.35. The highest BCUT2D eigenvalue weighted by Gasteiger charge is 2.35. The van der Waals surface area contributed by atoms with Crippen molar-refractivity contribution in [2.24, 2.45) is 0 Å². The molecule has 23 heavy (non-hydrogen) atoms. The van der Waals surface area contributed by atoms with Gasteiger partial charge in [-0.05, 0) is 30.9 Å². The number of rotatable bonds is 4. The Labute approximate surface area is 145 Å². The molecule has 0 saturated heterocycles. The molecule has 0 nitrogen and oxygen atoms in total. The van der Waals surface area contributed by atoms with Crippen molar-refractivity contribution in [3.8, 4) is 0 Å². The average Bonchev–Trinajstić information content (AvgIpc) is 2.66. The fourth-order valence-electron chi connectivity index (χ4n) is 3.34. The lowest BCUT2D eigenvalue weighted by molar-refractivity contribution is 0.345. The lowest BCUT2D eigenvalue weighted by Gasteiger charge is -2.39. The van der Waals surface area contributed by atoms with Gasteiger partial charge in [-0.15, -0.1) is 0 Å². The van der Waals surface area contributed by atoms with Crippen LogP contribution in [-0.2, 0) is 5.41 Å². The minimum atomic E-state index is 0.195. The van der Waals surface area contributed by atoms with Gasteiger partial charge in [-0.25, -0.2) is 0 Å². The maximum Gasteiger partial charge on any atom is 0.0202 e. The zero-order valence-corrected chi connectivity index (χ0v) is 15.9. The third-order valence-corrected chi connectivity index (χ3v) is 4.23. The molecule has 0 heteroatoms. The van der Waals surface area contributed by atoms with E-state index in [1.54, 1.807) is 0 Å². The molecule has 1 aliphatic carbocycles. The first-order chi connectivity index (χ1) is 11.3. The summed E-state index contributed by atoms with van der Waals surface area (Å²) in [5.74, 6) is 0. The van der Waals surface area contributed by atoms with Crippen LogP contribution in [0.2, 0.25) is 0 Å². The summed E-state index contributed by atoms with van der Waals surface area (Å²) in [7, 11) is 0. The quantitative estimate of drug-likeness (QED) is 0.501. The van der Waals surface area contributed by atoms with Gasteiger partial charge >= 0.3 is 0 Å². The van der Waals surface area contributed by atoms with Crippen molar-refractivity contribution in [2.75, 3.05) is 0 Å². The highest BCUT2D eigenvalue weighted by molar-refractivity contribution is 5.43. The van der Waals surface area contributed by atoms with Gasteiger partial charge in [0.2, 0.25) is 0 Å². The largest absolute Gasteiger partial charge is 0.0991 e. The summed E-state index contributed by atoms with van der Waals surface area (Å²) < 4.78 is 0. The summed E-state index contributed by atoms with van der Waals surface area (Å²) in [6, 6.07) is 11.0. The second kappa shape index (κ2) is 12.9. The van der Waals surface area contributed by atoms with Crippen LogP contribution in [0, 0.1) is 0 Å². The highest BCUT2D eigenvalue weighted by atomic mass is 14.4. The van der Waals surface area contributed by atoms with Crippen LogP contribution in [0.3, 0.4) is 0 Å². The van der Waals surface area contributed by atoms with Gasteiger partial charge in [-0.2, -0.15) is 0 Å². The maximum atomic E-state index is 3.89. The molecule has 0 bridgehead atoms. The van der Waals surface area contributed by atoms with Crippen LogP contribution < -0.4 is 0 Å². The first kappa shape index (κ1) is 21.4. The first-order valence-electron chi connectivity index (χ1n) is 9.35. The van der Waals surface area contributed by atoms with Crippen LogP contribution in [0.25, 0.3) is 0 Å². The Morgan fingerprint density at radius 3 is 2.00 bits per heavy atom. The van der Waals surface area contributed by atoms with Gasteiger partial charge in [0.1, 0.15) is 0 Å². The molecule has 0 aromatic heterocycles. The second-order valence-electron chi connectivity index (χ2n) is 5.37. The number of allylic oxidation sites excluding steroid dienone is 5. The van der Waals surface area contributed by atoms with Gasteiger partial charge in [0, 0.05) is 5.41 Å². The van der Waals surface area contributed by atoms with Crippen LogP contribution in [0.5, 0.6) is 0 Å². The van der Waals surface area contributed by atoms with Gasteiger partial charge in [-0.1, -0.05) is 108 Å². The van der Waals surface area contributed by atoms with Crippen molar-refractivity contribution in [1.82, 2.24) is 0 Å². The van der Waals surface area contributed by atoms with Gasteiger partial charge in [0.25, 0.3) is 0 Å². The molecule has 0 atom stereocenters. The van der Waals surface area contributed by atoms with Gasteiger partial charge in [-0.3, -0.25) is 0 Å². The Morgan fingerprint density at radius 2 is 1.52 bits per heavy atom. The van der Waals surface area contributed by atoms with E-state index in [4.69, 9.17) is 0 Å². The normalized spacial score (nSPS) is 16.7. The second-order valence-corrected chi connectivity index (χ2v) is 5.37. The molecule has 0 unspecified atom stereocenters. The third-order valence-electron chi connectivity index (χ3n) is 4.23. The molecule has 2 rings (SSSR count). The minimum absolute atomic E-state index is 0.195. The molecule has 0 radical (unpaired) electrons. The zero-order valence-electron chi connectivity index (χ0n) is 15.9. The topological polar surface area (TPSA) is 0 Å². The Morgan fingerprint density at radius 1 is 0.957 bits per heavy atom. The van der Waals surface area contributed by atoms with E-state index in [0.717, 1.165) is 0 Å². The van der Waals surface area contributed by atoms with Gasteiger partial charge in [0.05, 0.1) is 0 Å². The van der Waals surface area contributed by atoms with Crippen molar-refractivity contribution in [1.29, 1.82) is 0 Å². The Hall–Kier alpha value is -1.56. The monoisotopic (exact) mass is 312 g/mol. The van der Waals surface area contributed by atoms with Crippen molar-refractivity contribution in [3.05, 3.63) is 72.4 Å². The van der Waals surface area contributed by atoms with Crippen molar-refractivity contribution in [3.63, 3.8) is 0 Å². The Bertz CT molecular complexity index is 456. The lowest BCUT2D eigenvalue weighted by Crippen LogP contribution is -2.30. The molecule has 1 fully saturated rings. The Balaban J connectivity index is 0.00000112. The fourth-order valence-corrected chi connectivity index (χ4v) is 3.34. The molecule has 0 aliphatic heterocycles. The summed E-state index contributed by atoms with van der Waals surface area (Å²) in [5.41, 5.74) is 3.07. The number of hydrogen-bond acceptors (Lipinski definition) is 0. The predicted octanol–water partition coefficient (Wildman–Crippen LogP) is 7.63. The molecular formula is C23H36. The van der Waals surface area contributed by atoms with E-state index in [9.17, 15) is 0 Å². The predicted molar refractivity (Wildman–Crippen MR) is 107 cm³/mol. The van der Waals surface area contributed by atoms with Crippen molar-refractivity contribution in [2.45, 2.75) is 72.1 Å². The van der Waals surface area contributed by atoms with E-state index in [1.165, 1.54) is 43.2 Å². The SMILES string of the molecule is C=C/C=C(\C=C/C)C1(c2ccccc2)CCCCC1.CC.CC. The molecule has 0 spiro atoms.